The van der Waals surface area contributed by atoms with Gasteiger partial charge in [-0.25, -0.2) is 0 Å². The Balaban J connectivity index is 4.32. The van der Waals surface area contributed by atoms with Gasteiger partial charge < -0.3 is 10.1 Å². The third kappa shape index (κ3) is 7.37. The fourth-order valence-corrected chi connectivity index (χ4v) is 1.99. The van der Waals surface area contributed by atoms with E-state index in [1.807, 2.05) is 0 Å². The molecule has 3 heteroatoms. The second kappa shape index (κ2) is 9.46. The van der Waals surface area contributed by atoms with Crippen molar-refractivity contribution in [3.05, 3.63) is 0 Å². The van der Waals surface area contributed by atoms with E-state index >= 15 is 0 Å². The smallest absolute Gasteiger partial charge is 0.322 e. The summed E-state index contributed by atoms with van der Waals surface area (Å²) in [6, 6.07) is 0.277. The first kappa shape index (κ1) is 16.4. The zero-order valence-corrected chi connectivity index (χ0v) is 12.1. The van der Waals surface area contributed by atoms with Gasteiger partial charge in [0.15, 0.2) is 0 Å². The maximum atomic E-state index is 11.7. The van der Waals surface area contributed by atoms with Gasteiger partial charge >= 0.3 is 5.97 Å². The van der Waals surface area contributed by atoms with Crippen molar-refractivity contribution in [3.63, 3.8) is 0 Å². The normalized spacial score (nSPS) is 14.7. The SMILES string of the molecule is CCCCC(CC)NC(CC(C)C)C(=O)OC. The number of carbonyl (C=O) groups is 1. The molecule has 0 aromatic rings. The van der Waals surface area contributed by atoms with Crippen molar-refractivity contribution in [3.8, 4) is 0 Å². The van der Waals surface area contributed by atoms with Crippen LogP contribution >= 0.6 is 0 Å². The fourth-order valence-electron chi connectivity index (χ4n) is 1.99. The summed E-state index contributed by atoms with van der Waals surface area (Å²) in [5.41, 5.74) is 0. The zero-order valence-electron chi connectivity index (χ0n) is 12.1. The fraction of sp³-hybridized carbons (Fsp3) is 0.929. The molecule has 0 radical (unpaired) electrons. The van der Waals surface area contributed by atoms with E-state index in [1.165, 1.54) is 20.0 Å². The van der Waals surface area contributed by atoms with Gasteiger partial charge in [0, 0.05) is 6.04 Å². The number of unbranched alkanes of at least 4 members (excludes halogenated alkanes) is 1. The van der Waals surface area contributed by atoms with E-state index < -0.39 is 0 Å². The number of methoxy groups -OCH3 is 1. The summed E-state index contributed by atoms with van der Waals surface area (Å²) >= 11 is 0. The highest BCUT2D eigenvalue weighted by Gasteiger charge is 2.22. The maximum absolute atomic E-state index is 11.7. The number of ether oxygens (including phenoxy) is 1. The summed E-state index contributed by atoms with van der Waals surface area (Å²) < 4.78 is 4.86. The Hall–Kier alpha value is -0.570. The topological polar surface area (TPSA) is 38.3 Å². The van der Waals surface area contributed by atoms with Gasteiger partial charge in [-0.3, -0.25) is 4.79 Å². The molecule has 0 spiro atoms. The first-order valence-electron chi connectivity index (χ1n) is 6.88. The average molecular weight is 243 g/mol. The van der Waals surface area contributed by atoms with Gasteiger partial charge in [-0.15, -0.1) is 0 Å². The Labute approximate surface area is 106 Å². The van der Waals surface area contributed by atoms with Crippen molar-refractivity contribution in [2.24, 2.45) is 5.92 Å². The van der Waals surface area contributed by atoms with E-state index in [9.17, 15) is 4.79 Å². The first-order valence-corrected chi connectivity index (χ1v) is 6.88. The van der Waals surface area contributed by atoms with Crippen molar-refractivity contribution in [2.75, 3.05) is 7.11 Å². The van der Waals surface area contributed by atoms with Crippen molar-refractivity contribution in [1.82, 2.24) is 5.32 Å². The van der Waals surface area contributed by atoms with E-state index in [1.54, 1.807) is 0 Å². The molecule has 2 unspecified atom stereocenters. The van der Waals surface area contributed by atoms with Crippen molar-refractivity contribution >= 4 is 5.97 Å². The Morgan fingerprint density at radius 1 is 1.29 bits per heavy atom. The largest absolute Gasteiger partial charge is 0.468 e. The first-order chi connectivity index (χ1) is 8.04. The summed E-state index contributed by atoms with van der Waals surface area (Å²) in [5.74, 6) is 0.365. The number of nitrogens with one attached hydrogen (secondary N) is 1. The molecule has 0 aromatic carbocycles. The van der Waals surface area contributed by atoms with Gasteiger partial charge in [-0.2, -0.15) is 0 Å². The van der Waals surface area contributed by atoms with E-state index in [0.717, 1.165) is 19.3 Å². The van der Waals surface area contributed by atoms with E-state index in [-0.39, 0.29) is 12.0 Å². The molecule has 0 aliphatic rings. The van der Waals surface area contributed by atoms with Crippen LogP contribution in [0.4, 0.5) is 0 Å². The minimum Gasteiger partial charge on any atom is -0.468 e. The maximum Gasteiger partial charge on any atom is 0.322 e. The molecule has 0 aliphatic carbocycles. The van der Waals surface area contributed by atoms with Crippen molar-refractivity contribution in [2.45, 2.75) is 71.9 Å². The highest BCUT2D eigenvalue weighted by Crippen LogP contribution is 2.11. The lowest BCUT2D eigenvalue weighted by atomic mass is 10.0. The standard InChI is InChI=1S/C14H29NO2/c1-6-8-9-12(7-2)15-13(10-11(3)4)14(16)17-5/h11-13,15H,6-10H2,1-5H3. The second-order valence-corrected chi connectivity index (χ2v) is 5.12. The lowest BCUT2D eigenvalue weighted by Gasteiger charge is -2.24. The molecule has 0 amide bonds. The summed E-state index contributed by atoms with van der Waals surface area (Å²) in [7, 11) is 1.46. The summed E-state index contributed by atoms with van der Waals surface area (Å²) in [6.45, 7) is 8.62. The van der Waals surface area contributed by atoms with Crippen molar-refractivity contribution in [1.29, 1.82) is 0 Å². The number of hydrogen-bond acceptors (Lipinski definition) is 3. The van der Waals surface area contributed by atoms with Crippen LogP contribution in [0.25, 0.3) is 0 Å². The highest BCUT2D eigenvalue weighted by atomic mass is 16.5. The van der Waals surface area contributed by atoms with Crippen LogP contribution in [0.3, 0.4) is 0 Å². The van der Waals surface area contributed by atoms with Crippen LogP contribution in [-0.2, 0) is 9.53 Å². The van der Waals surface area contributed by atoms with Crippen LogP contribution < -0.4 is 5.32 Å². The van der Waals surface area contributed by atoms with Gasteiger partial charge in [0.1, 0.15) is 6.04 Å². The van der Waals surface area contributed by atoms with Gasteiger partial charge in [0.05, 0.1) is 7.11 Å². The molecule has 0 aromatic heterocycles. The van der Waals surface area contributed by atoms with E-state index in [4.69, 9.17) is 4.74 Å². The lowest BCUT2D eigenvalue weighted by Crippen LogP contribution is -2.44. The Morgan fingerprint density at radius 3 is 2.35 bits per heavy atom. The molecule has 0 rings (SSSR count). The molecule has 3 nitrogen and oxygen atoms in total. The monoisotopic (exact) mass is 243 g/mol. The molecule has 0 saturated carbocycles. The third-order valence-corrected chi connectivity index (χ3v) is 3.03. The summed E-state index contributed by atoms with van der Waals surface area (Å²) in [4.78, 5) is 11.7. The van der Waals surface area contributed by atoms with Crippen LogP contribution in [0.15, 0.2) is 0 Å². The summed E-state index contributed by atoms with van der Waals surface area (Å²) in [6.07, 6.45) is 5.45. The van der Waals surface area contributed by atoms with Gasteiger partial charge in [-0.1, -0.05) is 40.5 Å². The van der Waals surface area contributed by atoms with E-state index in [0.29, 0.717) is 12.0 Å². The van der Waals surface area contributed by atoms with Crippen LogP contribution in [0.1, 0.15) is 59.8 Å². The van der Waals surface area contributed by atoms with Crippen LogP contribution in [0.2, 0.25) is 0 Å². The molecular weight excluding hydrogens is 214 g/mol. The average Bonchev–Trinajstić information content (AvgIpc) is 2.31. The molecule has 102 valence electrons. The van der Waals surface area contributed by atoms with Crippen LogP contribution in [0, 0.1) is 5.92 Å². The minimum atomic E-state index is -0.151. The molecule has 17 heavy (non-hydrogen) atoms. The predicted octanol–water partition coefficient (Wildman–Crippen LogP) is 3.13. The molecule has 0 aliphatic heterocycles. The number of hydrogen-bond donors (Lipinski definition) is 1. The minimum absolute atomic E-state index is 0.131. The Morgan fingerprint density at radius 2 is 1.94 bits per heavy atom. The lowest BCUT2D eigenvalue weighted by molar-refractivity contribution is -0.143. The van der Waals surface area contributed by atoms with Gasteiger partial charge in [-0.05, 0) is 25.2 Å². The quantitative estimate of drug-likeness (QED) is 0.632. The number of carbonyl (C=O) groups excluding carboxylic acids is 1. The highest BCUT2D eigenvalue weighted by molar-refractivity contribution is 5.75. The van der Waals surface area contributed by atoms with Gasteiger partial charge in [0.25, 0.3) is 0 Å². The molecule has 0 saturated heterocycles. The molecule has 2 atom stereocenters. The predicted molar refractivity (Wildman–Crippen MR) is 72.0 cm³/mol. The number of esters is 1. The molecular formula is C14H29NO2. The Kier molecular flexibility index (Phi) is 9.14. The molecule has 0 heterocycles. The molecule has 1 N–H and O–H groups in total. The van der Waals surface area contributed by atoms with Gasteiger partial charge in [0.2, 0.25) is 0 Å². The Bertz CT molecular complexity index is 204. The summed E-state index contributed by atoms with van der Waals surface area (Å²) in [5, 5.41) is 3.45. The zero-order chi connectivity index (χ0) is 13.3. The van der Waals surface area contributed by atoms with Crippen LogP contribution in [0.5, 0.6) is 0 Å². The van der Waals surface area contributed by atoms with Crippen molar-refractivity contribution < 1.29 is 9.53 Å². The molecule has 0 fully saturated rings. The second-order valence-electron chi connectivity index (χ2n) is 5.12. The third-order valence-electron chi connectivity index (χ3n) is 3.03. The van der Waals surface area contributed by atoms with Crippen LogP contribution in [-0.4, -0.2) is 25.2 Å². The molecule has 0 bridgehead atoms. The number of rotatable bonds is 9. The van der Waals surface area contributed by atoms with E-state index in [2.05, 4.69) is 33.0 Å².